The summed E-state index contributed by atoms with van der Waals surface area (Å²) >= 11 is 9.28. The van der Waals surface area contributed by atoms with Crippen LogP contribution in [0.4, 0.5) is 0 Å². The average molecular weight is 390 g/mol. The van der Waals surface area contributed by atoms with E-state index in [2.05, 4.69) is 72.6 Å². The molecule has 0 N–H and O–H groups in total. The van der Waals surface area contributed by atoms with Crippen molar-refractivity contribution in [1.82, 2.24) is 0 Å². The zero-order valence-corrected chi connectivity index (χ0v) is 11.1. The first kappa shape index (κ1) is 9.99. The maximum absolute atomic E-state index is 3.46. The van der Waals surface area contributed by atoms with E-state index < -0.39 is 0 Å². The van der Waals surface area contributed by atoms with Crippen molar-refractivity contribution in [2.75, 3.05) is 0 Å². The number of hydrogen-bond donors (Lipinski definition) is 0. The predicted molar refractivity (Wildman–Crippen MR) is 64.5 cm³/mol. The third-order valence-electron chi connectivity index (χ3n) is 1.46. The zero-order valence-electron chi connectivity index (χ0n) is 5.78. The van der Waals surface area contributed by atoms with Gasteiger partial charge in [-0.3, -0.25) is 0 Å². The molecule has 0 aromatic heterocycles. The van der Waals surface area contributed by atoms with Gasteiger partial charge < -0.3 is 0 Å². The van der Waals surface area contributed by atoms with E-state index in [1.807, 2.05) is 0 Å². The molecule has 0 saturated heterocycles. The van der Waals surface area contributed by atoms with Crippen molar-refractivity contribution in [2.45, 2.75) is 9.76 Å². The van der Waals surface area contributed by atoms with Crippen molar-refractivity contribution in [3.63, 3.8) is 0 Å². The van der Waals surface area contributed by atoms with E-state index in [-0.39, 0.29) is 0 Å². The maximum Gasteiger partial charge on any atom is 0.0286 e. The standard InChI is InChI=1S/C8H7Br2I/c9-4-6-1-2-8(10)3-7(6)5-11/h1-3H,4-5H2. The van der Waals surface area contributed by atoms with Gasteiger partial charge in [0.1, 0.15) is 0 Å². The van der Waals surface area contributed by atoms with Gasteiger partial charge in [0.15, 0.2) is 0 Å². The Morgan fingerprint density at radius 1 is 1.27 bits per heavy atom. The van der Waals surface area contributed by atoms with Crippen LogP contribution in [0.3, 0.4) is 0 Å². The second kappa shape index (κ2) is 4.82. The van der Waals surface area contributed by atoms with E-state index in [1.54, 1.807) is 0 Å². The molecule has 0 heterocycles. The first-order valence-electron chi connectivity index (χ1n) is 3.17. The monoisotopic (exact) mass is 388 g/mol. The smallest absolute Gasteiger partial charge is 0.0286 e. The summed E-state index contributed by atoms with van der Waals surface area (Å²) in [5.41, 5.74) is 2.78. The Bertz CT molecular complexity index is 248. The minimum atomic E-state index is 0.943. The molecule has 0 amide bonds. The molecule has 0 nitrogen and oxygen atoms in total. The molecule has 0 radical (unpaired) electrons. The fourth-order valence-corrected chi connectivity index (χ4v) is 2.51. The van der Waals surface area contributed by atoms with Gasteiger partial charge >= 0.3 is 0 Å². The largest absolute Gasteiger partial charge is 0.0876 e. The lowest BCUT2D eigenvalue weighted by Crippen LogP contribution is -1.86. The molecule has 1 aromatic carbocycles. The molecule has 3 heteroatoms. The van der Waals surface area contributed by atoms with Crippen LogP contribution < -0.4 is 0 Å². The molecule has 1 rings (SSSR count). The molecule has 0 atom stereocenters. The molecule has 0 aliphatic rings. The Hall–Kier alpha value is 0.910. The van der Waals surface area contributed by atoms with Crippen LogP contribution in [0.15, 0.2) is 22.7 Å². The highest BCUT2D eigenvalue weighted by atomic mass is 127. The molecule has 60 valence electrons. The maximum atomic E-state index is 3.46. The van der Waals surface area contributed by atoms with Gasteiger partial charge in [-0.25, -0.2) is 0 Å². The molecule has 0 bridgehead atoms. The van der Waals surface area contributed by atoms with Crippen molar-refractivity contribution in [2.24, 2.45) is 0 Å². The lowest BCUT2D eigenvalue weighted by Gasteiger charge is -2.03. The Labute approximate surface area is 97.2 Å². The summed E-state index contributed by atoms with van der Waals surface area (Å²) in [5.74, 6) is 0. The second-order valence-electron chi connectivity index (χ2n) is 2.18. The van der Waals surface area contributed by atoms with Gasteiger partial charge in [-0.05, 0) is 23.3 Å². The van der Waals surface area contributed by atoms with Crippen molar-refractivity contribution < 1.29 is 0 Å². The summed E-state index contributed by atoms with van der Waals surface area (Å²) < 4.78 is 2.23. The van der Waals surface area contributed by atoms with E-state index in [0.29, 0.717) is 0 Å². The van der Waals surface area contributed by atoms with Crippen LogP contribution in [-0.4, -0.2) is 0 Å². The van der Waals surface area contributed by atoms with Crippen molar-refractivity contribution in [3.05, 3.63) is 33.8 Å². The molecule has 0 aliphatic heterocycles. The van der Waals surface area contributed by atoms with Crippen LogP contribution in [-0.2, 0) is 9.76 Å². The normalized spacial score (nSPS) is 10.1. The Morgan fingerprint density at radius 3 is 2.55 bits per heavy atom. The van der Waals surface area contributed by atoms with Crippen LogP contribution in [0.25, 0.3) is 0 Å². The third-order valence-corrected chi connectivity index (χ3v) is 3.38. The Kier molecular flexibility index (Phi) is 4.38. The Balaban J connectivity index is 3.06. The molecular weight excluding hydrogens is 383 g/mol. The minimum absolute atomic E-state index is 0.943. The second-order valence-corrected chi connectivity index (χ2v) is 4.42. The molecule has 1 aromatic rings. The number of halogens is 3. The SMILES string of the molecule is BrCc1ccc(Br)cc1CI. The highest BCUT2D eigenvalue weighted by molar-refractivity contribution is 14.1. The van der Waals surface area contributed by atoms with Crippen LogP contribution in [0.5, 0.6) is 0 Å². The number of benzene rings is 1. The number of rotatable bonds is 2. The van der Waals surface area contributed by atoms with Gasteiger partial charge in [0.2, 0.25) is 0 Å². The fourth-order valence-electron chi connectivity index (χ4n) is 0.849. The average Bonchev–Trinajstić information content (AvgIpc) is 2.04. The fraction of sp³-hybridized carbons (Fsp3) is 0.250. The molecular formula is C8H7Br2I. The van der Waals surface area contributed by atoms with Gasteiger partial charge in [0.05, 0.1) is 0 Å². The van der Waals surface area contributed by atoms with Crippen molar-refractivity contribution in [1.29, 1.82) is 0 Å². The third kappa shape index (κ3) is 2.70. The molecule has 0 saturated carbocycles. The van der Waals surface area contributed by atoms with Gasteiger partial charge in [0, 0.05) is 14.2 Å². The first-order valence-corrected chi connectivity index (χ1v) is 6.61. The molecule has 0 spiro atoms. The number of alkyl halides is 2. The summed E-state index contributed by atoms with van der Waals surface area (Å²) in [5, 5.41) is 0.943. The number of hydrogen-bond acceptors (Lipinski definition) is 0. The Morgan fingerprint density at radius 2 is 2.00 bits per heavy atom. The molecule has 11 heavy (non-hydrogen) atoms. The highest BCUT2D eigenvalue weighted by Gasteiger charge is 1.99. The lowest BCUT2D eigenvalue weighted by molar-refractivity contribution is 1.30. The highest BCUT2D eigenvalue weighted by Crippen LogP contribution is 2.20. The summed E-state index contributed by atoms with van der Waals surface area (Å²) in [4.78, 5) is 0. The summed E-state index contributed by atoms with van der Waals surface area (Å²) in [7, 11) is 0. The van der Waals surface area contributed by atoms with Crippen LogP contribution >= 0.6 is 54.5 Å². The first-order chi connectivity index (χ1) is 5.27. The molecule has 0 unspecified atom stereocenters. The van der Waals surface area contributed by atoms with E-state index in [1.165, 1.54) is 11.1 Å². The van der Waals surface area contributed by atoms with Gasteiger partial charge in [-0.1, -0.05) is 60.5 Å². The van der Waals surface area contributed by atoms with Gasteiger partial charge in [0.25, 0.3) is 0 Å². The van der Waals surface area contributed by atoms with Crippen LogP contribution in [0.2, 0.25) is 0 Å². The van der Waals surface area contributed by atoms with Crippen molar-refractivity contribution in [3.8, 4) is 0 Å². The quantitative estimate of drug-likeness (QED) is 0.523. The topological polar surface area (TPSA) is 0 Å². The van der Waals surface area contributed by atoms with E-state index >= 15 is 0 Å². The zero-order chi connectivity index (χ0) is 8.27. The van der Waals surface area contributed by atoms with E-state index in [4.69, 9.17) is 0 Å². The van der Waals surface area contributed by atoms with Crippen molar-refractivity contribution >= 4 is 54.5 Å². The minimum Gasteiger partial charge on any atom is -0.0876 e. The predicted octanol–water partition coefficient (Wildman–Crippen LogP) is 4.28. The lowest BCUT2D eigenvalue weighted by atomic mass is 10.1. The van der Waals surface area contributed by atoms with Crippen LogP contribution in [0.1, 0.15) is 11.1 Å². The van der Waals surface area contributed by atoms with Gasteiger partial charge in [-0.15, -0.1) is 0 Å². The molecule has 0 aliphatic carbocycles. The summed E-state index contributed by atoms with van der Waals surface area (Å²) in [6, 6.07) is 6.39. The summed E-state index contributed by atoms with van der Waals surface area (Å²) in [6.07, 6.45) is 0. The molecule has 0 fully saturated rings. The van der Waals surface area contributed by atoms with Crippen LogP contribution in [0, 0.1) is 0 Å². The van der Waals surface area contributed by atoms with Gasteiger partial charge in [-0.2, -0.15) is 0 Å². The summed E-state index contributed by atoms with van der Waals surface area (Å²) in [6.45, 7) is 0. The van der Waals surface area contributed by atoms with E-state index in [9.17, 15) is 0 Å². The van der Waals surface area contributed by atoms with E-state index in [0.717, 1.165) is 14.2 Å².